The summed E-state index contributed by atoms with van der Waals surface area (Å²) in [5.41, 5.74) is 2.18. The average molecular weight is 646 g/mol. The number of rotatable bonds is 8. The standard InChI is InChI=1S/C26H24IN5O3S2/c27-20-11-13-21(14-12-20)28-24(33)18-36-26-30-29-25(32(26)22-8-2-1-3-9-22)19-7-6-10-23(17-19)37(34,35)31-15-4-5-16-31/h1-3,6-14,17H,4-5,15-16,18H2,(H,28,33). The molecule has 1 N–H and O–H groups in total. The Labute approximate surface area is 233 Å². The van der Waals surface area contributed by atoms with Gasteiger partial charge in [-0.1, -0.05) is 42.1 Å². The third kappa shape index (κ3) is 5.89. The number of carbonyl (C=O) groups is 1. The monoisotopic (exact) mass is 645 g/mol. The van der Waals surface area contributed by atoms with Gasteiger partial charge in [-0.25, -0.2) is 8.42 Å². The molecular formula is C26H24IN5O3S2. The molecule has 0 spiro atoms. The number of carbonyl (C=O) groups excluding carboxylic acids is 1. The number of aromatic nitrogens is 3. The maximum Gasteiger partial charge on any atom is 0.243 e. The van der Waals surface area contributed by atoms with Crippen molar-refractivity contribution in [2.75, 3.05) is 24.2 Å². The maximum absolute atomic E-state index is 13.2. The molecule has 0 saturated carbocycles. The van der Waals surface area contributed by atoms with E-state index in [1.807, 2.05) is 65.2 Å². The van der Waals surface area contributed by atoms with E-state index in [4.69, 9.17) is 0 Å². The van der Waals surface area contributed by atoms with Gasteiger partial charge in [0.1, 0.15) is 0 Å². The highest BCUT2D eigenvalue weighted by Gasteiger charge is 2.28. The zero-order valence-corrected chi connectivity index (χ0v) is 23.5. The maximum atomic E-state index is 13.2. The summed E-state index contributed by atoms with van der Waals surface area (Å²) < 4.78 is 30.8. The van der Waals surface area contributed by atoms with Gasteiger partial charge in [-0.3, -0.25) is 9.36 Å². The molecular weight excluding hydrogens is 621 g/mol. The number of halogens is 1. The summed E-state index contributed by atoms with van der Waals surface area (Å²) in [7, 11) is -3.58. The van der Waals surface area contributed by atoms with Crippen LogP contribution in [0.1, 0.15) is 12.8 Å². The topological polar surface area (TPSA) is 97.2 Å². The van der Waals surface area contributed by atoms with E-state index in [2.05, 4.69) is 38.1 Å². The van der Waals surface area contributed by atoms with E-state index in [1.54, 1.807) is 18.2 Å². The van der Waals surface area contributed by atoms with Gasteiger partial charge in [0.05, 0.1) is 10.6 Å². The Hall–Kier alpha value is -2.74. The van der Waals surface area contributed by atoms with E-state index >= 15 is 0 Å². The van der Waals surface area contributed by atoms with Gasteiger partial charge in [0.15, 0.2) is 11.0 Å². The number of amides is 1. The molecule has 1 saturated heterocycles. The number of benzene rings is 3. The first-order valence-electron chi connectivity index (χ1n) is 11.7. The van der Waals surface area contributed by atoms with Crippen LogP contribution in [0.2, 0.25) is 0 Å². The summed E-state index contributed by atoms with van der Waals surface area (Å²) in [4.78, 5) is 12.9. The largest absolute Gasteiger partial charge is 0.325 e. The number of nitrogens with zero attached hydrogens (tertiary/aromatic N) is 4. The molecule has 5 rings (SSSR count). The van der Waals surface area contributed by atoms with Crippen LogP contribution in [-0.4, -0.2) is 52.2 Å². The normalized spacial score (nSPS) is 14.1. The Morgan fingerprint density at radius 1 is 0.946 bits per heavy atom. The van der Waals surface area contributed by atoms with E-state index in [9.17, 15) is 13.2 Å². The number of anilines is 1. The molecule has 0 unspecified atom stereocenters. The highest BCUT2D eigenvalue weighted by atomic mass is 127. The first-order valence-corrected chi connectivity index (χ1v) is 15.2. The van der Waals surface area contributed by atoms with Crippen LogP contribution < -0.4 is 5.32 Å². The molecule has 190 valence electrons. The van der Waals surface area contributed by atoms with Gasteiger partial charge in [-0.15, -0.1) is 10.2 Å². The van der Waals surface area contributed by atoms with Crippen LogP contribution in [0.25, 0.3) is 17.1 Å². The number of hydrogen-bond acceptors (Lipinski definition) is 6. The second-order valence-electron chi connectivity index (χ2n) is 8.46. The van der Waals surface area contributed by atoms with Crippen molar-refractivity contribution in [3.8, 4) is 17.1 Å². The van der Waals surface area contributed by atoms with Crippen molar-refractivity contribution in [1.82, 2.24) is 19.1 Å². The van der Waals surface area contributed by atoms with Crippen molar-refractivity contribution in [2.45, 2.75) is 22.9 Å². The Balaban J connectivity index is 1.43. The predicted molar refractivity (Wildman–Crippen MR) is 153 cm³/mol. The third-order valence-electron chi connectivity index (χ3n) is 5.90. The lowest BCUT2D eigenvalue weighted by atomic mass is 10.2. The van der Waals surface area contributed by atoms with E-state index in [-0.39, 0.29) is 16.6 Å². The second kappa shape index (κ2) is 11.3. The first-order chi connectivity index (χ1) is 17.9. The summed E-state index contributed by atoms with van der Waals surface area (Å²) in [5.74, 6) is 0.486. The lowest BCUT2D eigenvalue weighted by Crippen LogP contribution is -2.27. The molecule has 0 bridgehead atoms. The highest BCUT2D eigenvalue weighted by molar-refractivity contribution is 14.1. The minimum absolute atomic E-state index is 0.139. The Morgan fingerprint density at radius 3 is 2.41 bits per heavy atom. The first kappa shape index (κ1) is 25.9. The van der Waals surface area contributed by atoms with Crippen LogP contribution in [0, 0.1) is 3.57 Å². The van der Waals surface area contributed by atoms with Crippen molar-refractivity contribution in [2.24, 2.45) is 0 Å². The number of para-hydroxylation sites is 1. The fraction of sp³-hybridized carbons (Fsp3) is 0.192. The molecule has 1 aliphatic rings. The van der Waals surface area contributed by atoms with Crippen LogP contribution in [0.15, 0.2) is 88.9 Å². The van der Waals surface area contributed by atoms with E-state index < -0.39 is 10.0 Å². The molecule has 1 aliphatic heterocycles. The van der Waals surface area contributed by atoms with Gasteiger partial charge >= 0.3 is 0 Å². The van der Waals surface area contributed by atoms with Gasteiger partial charge in [-0.2, -0.15) is 4.31 Å². The van der Waals surface area contributed by atoms with Gasteiger partial charge in [0.2, 0.25) is 15.9 Å². The number of hydrogen-bond donors (Lipinski definition) is 1. The van der Waals surface area contributed by atoms with E-state index in [0.717, 1.165) is 27.8 Å². The number of nitrogens with one attached hydrogen (secondary N) is 1. The van der Waals surface area contributed by atoms with Crippen molar-refractivity contribution in [3.63, 3.8) is 0 Å². The van der Waals surface area contributed by atoms with Crippen LogP contribution in [0.4, 0.5) is 5.69 Å². The minimum atomic E-state index is -3.58. The molecule has 3 aromatic carbocycles. The van der Waals surface area contributed by atoms with Gasteiger partial charge in [-0.05, 0) is 84.0 Å². The van der Waals surface area contributed by atoms with E-state index in [0.29, 0.717) is 29.6 Å². The molecule has 2 heterocycles. The Morgan fingerprint density at radius 2 is 1.68 bits per heavy atom. The Bertz CT molecular complexity index is 1500. The summed E-state index contributed by atoms with van der Waals surface area (Å²) in [6, 6.07) is 24.0. The molecule has 4 aromatic rings. The summed E-state index contributed by atoms with van der Waals surface area (Å²) in [5, 5.41) is 12.2. The van der Waals surface area contributed by atoms with Crippen LogP contribution in [0.5, 0.6) is 0 Å². The SMILES string of the molecule is O=C(CSc1nnc(-c2cccc(S(=O)(=O)N3CCCC3)c2)n1-c1ccccc1)Nc1ccc(I)cc1. The van der Waals surface area contributed by atoms with Crippen LogP contribution >= 0.6 is 34.4 Å². The zero-order valence-electron chi connectivity index (χ0n) is 19.7. The molecule has 0 aliphatic carbocycles. The van der Waals surface area contributed by atoms with Crippen LogP contribution in [-0.2, 0) is 14.8 Å². The van der Waals surface area contributed by atoms with Gasteiger partial charge in [0, 0.05) is 33.6 Å². The van der Waals surface area contributed by atoms with Crippen molar-refractivity contribution in [1.29, 1.82) is 0 Å². The van der Waals surface area contributed by atoms with Crippen LogP contribution in [0.3, 0.4) is 0 Å². The number of sulfonamides is 1. The molecule has 1 fully saturated rings. The molecule has 11 heteroatoms. The lowest BCUT2D eigenvalue weighted by Gasteiger charge is -2.16. The zero-order chi connectivity index (χ0) is 25.8. The molecule has 0 radical (unpaired) electrons. The Kier molecular flexibility index (Phi) is 7.93. The minimum Gasteiger partial charge on any atom is -0.325 e. The van der Waals surface area contributed by atoms with Gasteiger partial charge < -0.3 is 5.32 Å². The summed E-state index contributed by atoms with van der Waals surface area (Å²) >= 11 is 3.48. The third-order valence-corrected chi connectivity index (χ3v) is 9.45. The van der Waals surface area contributed by atoms with E-state index in [1.165, 1.54) is 16.1 Å². The fourth-order valence-electron chi connectivity index (χ4n) is 4.09. The van der Waals surface area contributed by atoms with Crippen molar-refractivity contribution < 1.29 is 13.2 Å². The molecule has 8 nitrogen and oxygen atoms in total. The smallest absolute Gasteiger partial charge is 0.243 e. The number of thioether (sulfide) groups is 1. The molecule has 1 amide bonds. The van der Waals surface area contributed by atoms with Crippen molar-refractivity contribution in [3.05, 3.63) is 82.4 Å². The average Bonchev–Trinajstić information content (AvgIpc) is 3.61. The van der Waals surface area contributed by atoms with Crippen molar-refractivity contribution >= 4 is 56.0 Å². The summed E-state index contributed by atoms with van der Waals surface area (Å²) in [6.07, 6.45) is 1.75. The predicted octanol–water partition coefficient (Wildman–Crippen LogP) is 5.05. The summed E-state index contributed by atoms with van der Waals surface area (Å²) in [6.45, 7) is 1.08. The highest BCUT2D eigenvalue weighted by Crippen LogP contribution is 2.30. The molecule has 37 heavy (non-hydrogen) atoms. The quantitative estimate of drug-likeness (QED) is 0.213. The molecule has 1 aromatic heterocycles. The molecule has 0 atom stereocenters. The second-order valence-corrected chi connectivity index (χ2v) is 12.6. The fourth-order valence-corrected chi connectivity index (χ4v) is 6.77. The van der Waals surface area contributed by atoms with Gasteiger partial charge in [0.25, 0.3) is 0 Å². The lowest BCUT2D eigenvalue weighted by molar-refractivity contribution is -0.113.